The summed E-state index contributed by atoms with van der Waals surface area (Å²) in [6, 6.07) is 8.08. The molecule has 0 atom stereocenters. The molecule has 142 valence electrons. The first-order chi connectivity index (χ1) is 12.3. The fourth-order valence-electron chi connectivity index (χ4n) is 2.33. The van der Waals surface area contributed by atoms with Gasteiger partial charge in [-0.3, -0.25) is 0 Å². The molecule has 0 fully saturated rings. The zero-order valence-corrected chi connectivity index (χ0v) is 16.8. The monoisotopic (exact) mass is 419 g/mol. The molecule has 0 bridgehead atoms. The quantitative estimate of drug-likeness (QED) is 0.706. The van der Waals surface area contributed by atoms with Crippen LogP contribution in [0.2, 0.25) is 10.0 Å². The average molecular weight is 420 g/mol. The fraction of sp³-hybridized carbons (Fsp3) is 0.294. The summed E-state index contributed by atoms with van der Waals surface area (Å²) in [4.78, 5) is 0. The van der Waals surface area contributed by atoms with Crippen LogP contribution in [-0.4, -0.2) is 29.7 Å². The summed E-state index contributed by atoms with van der Waals surface area (Å²) in [6.07, 6.45) is 0. The van der Waals surface area contributed by atoms with Crippen molar-refractivity contribution in [3.05, 3.63) is 51.5 Å². The van der Waals surface area contributed by atoms with Crippen LogP contribution < -0.4 is 18.9 Å². The van der Waals surface area contributed by atoms with E-state index in [1.54, 1.807) is 24.3 Å². The molecular weight excluding hydrogens is 401 g/mol. The highest BCUT2D eigenvalue weighted by Gasteiger charge is 2.16. The van der Waals surface area contributed by atoms with Crippen molar-refractivity contribution in [2.45, 2.75) is 12.3 Å². The third-order valence-electron chi connectivity index (χ3n) is 3.56. The van der Waals surface area contributed by atoms with Gasteiger partial charge in [-0.05, 0) is 35.4 Å². The van der Waals surface area contributed by atoms with Gasteiger partial charge in [0.2, 0.25) is 15.8 Å². The maximum Gasteiger partial charge on any atom is 0.216 e. The predicted octanol–water partition coefficient (Wildman–Crippen LogP) is 3.64. The molecule has 0 saturated carbocycles. The van der Waals surface area contributed by atoms with Crippen LogP contribution in [0.1, 0.15) is 11.1 Å². The van der Waals surface area contributed by atoms with E-state index in [1.807, 2.05) is 0 Å². The molecule has 0 saturated heterocycles. The lowest BCUT2D eigenvalue weighted by Crippen LogP contribution is -2.24. The van der Waals surface area contributed by atoms with Gasteiger partial charge < -0.3 is 14.2 Å². The van der Waals surface area contributed by atoms with E-state index in [4.69, 9.17) is 37.4 Å². The third-order valence-corrected chi connectivity index (χ3v) is 5.60. The SMILES string of the molecule is COc1cc(CNS(=O)(=O)Cc2ccc(Cl)c(Cl)c2)cc(OC)c1OC. The number of hydrogen-bond acceptors (Lipinski definition) is 5. The first-order valence-electron chi connectivity index (χ1n) is 7.49. The van der Waals surface area contributed by atoms with Crippen molar-refractivity contribution in [2.24, 2.45) is 0 Å². The van der Waals surface area contributed by atoms with Crippen LogP contribution in [0, 0.1) is 0 Å². The van der Waals surface area contributed by atoms with Crippen molar-refractivity contribution in [3.63, 3.8) is 0 Å². The van der Waals surface area contributed by atoms with Crippen molar-refractivity contribution in [1.29, 1.82) is 0 Å². The summed E-state index contributed by atoms with van der Waals surface area (Å²) in [7, 11) is 0.909. The highest BCUT2D eigenvalue weighted by molar-refractivity contribution is 7.88. The van der Waals surface area contributed by atoms with Gasteiger partial charge in [0.15, 0.2) is 11.5 Å². The molecule has 1 N–H and O–H groups in total. The molecule has 2 aromatic carbocycles. The van der Waals surface area contributed by atoms with Crippen LogP contribution in [-0.2, 0) is 22.3 Å². The summed E-state index contributed by atoms with van der Waals surface area (Å²) >= 11 is 11.8. The molecule has 6 nitrogen and oxygen atoms in total. The molecule has 0 aromatic heterocycles. The van der Waals surface area contributed by atoms with Gasteiger partial charge in [-0.25, -0.2) is 13.1 Å². The van der Waals surface area contributed by atoms with E-state index >= 15 is 0 Å². The lowest BCUT2D eigenvalue weighted by Gasteiger charge is -2.14. The Hall–Kier alpha value is -1.67. The lowest BCUT2D eigenvalue weighted by atomic mass is 10.2. The Balaban J connectivity index is 2.15. The Morgan fingerprint density at radius 2 is 1.50 bits per heavy atom. The van der Waals surface area contributed by atoms with Gasteiger partial charge in [0.05, 0.1) is 37.1 Å². The zero-order valence-electron chi connectivity index (χ0n) is 14.5. The fourth-order valence-corrected chi connectivity index (χ4v) is 3.76. The summed E-state index contributed by atoms with van der Waals surface area (Å²) in [6.45, 7) is 0.0698. The molecule has 9 heteroatoms. The highest BCUT2D eigenvalue weighted by atomic mass is 35.5. The number of sulfonamides is 1. The van der Waals surface area contributed by atoms with Crippen LogP contribution in [0.25, 0.3) is 0 Å². The number of halogens is 2. The standard InChI is InChI=1S/C17H19Cl2NO5S/c1-23-15-7-12(8-16(24-2)17(15)25-3)9-20-26(21,22)10-11-4-5-13(18)14(19)6-11/h4-8,20H,9-10H2,1-3H3. The largest absolute Gasteiger partial charge is 0.493 e. The first kappa shape index (κ1) is 20.6. The number of benzene rings is 2. The molecule has 0 amide bonds. The van der Waals surface area contributed by atoms with Crippen molar-refractivity contribution in [3.8, 4) is 17.2 Å². The van der Waals surface area contributed by atoms with E-state index in [2.05, 4.69) is 4.72 Å². The molecule has 2 rings (SSSR count). The topological polar surface area (TPSA) is 73.9 Å². The predicted molar refractivity (Wildman–Crippen MR) is 102 cm³/mol. The Bertz CT molecular complexity index is 862. The second kappa shape index (κ2) is 8.81. The van der Waals surface area contributed by atoms with Crippen LogP contribution in [0.5, 0.6) is 17.2 Å². The van der Waals surface area contributed by atoms with E-state index in [0.717, 1.165) is 0 Å². The number of ether oxygens (including phenoxy) is 3. The maximum absolute atomic E-state index is 12.3. The van der Waals surface area contributed by atoms with Gasteiger partial charge in [-0.15, -0.1) is 0 Å². The second-order valence-electron chi connectivity index (χ2n) is 5.36. The molecule has 0 radical (unpaired) electrons. The Labute approximate surface area is 163 Å². The normalized spacial score (nSPS) is 11.3. The maximum atomic E-state index is 12.3. The smallest absolute Gasteiger partial charge is 0.216 e. The molecule has 0 aliphatic rings. The minimum atomic E-state index is -3.58. The van der Waals surface area contributed by atoms with E-state index in [0.29, 0.717) is 38.4 Å². The van der Waals surface area contributed by atoms with Gasteiger partial charge in [0.1, 0.15) is 0 Å². The molecule has 0 aliphatic heterocycles. The highest BCUT2D eigenvalue weighted by Crippen LogP contribution is 2.38. The van der Waals surface area contributed by atoms with Gasteiger partial charge in [0, 0.05) is 6.54 Å². The summed E-state index contributed by atoms with van der Waals surface area (Å²) < 4.78 is 43.0. The summed E-state index contributed by atoms with van der Waals surface area (Å²) in [5.41, 5.74) is 1.20. The lowest BCUT2D eigenvalue weighted by molar-refractivity contribution is 0.323. The first-order valence-corrected chi connectivity index (χ1v) is 9.90. The van der Waals surface area contributed by atoms with E-state index in [9.17, 15) is 8.42 Å². The molecule has 0 spiro atoms. The Morgan fingerprint density at radius 1 is 0.885 bits per heavy atom. The van der Waals surface area contributed by atoms with Crippen LogP contribution >= 0.6 is 23.2 Å². The molecule has 0 aliphatic carbocycles. The minimum absolute atomic E-state index is 0.0698. The van der Waals surface area contributed by atoms with Crippen molar-refractivity contribution >= 4 is 33.2 Å². The summed E-state index contributed by atoms with van der Waals surface area (Å²) in [5.74, 6) is 1.13. The number of nitrogens with one attached hydrogen (secondary N) is 1. The molecule has 0 unspecified atom stereocenters. The molecule has 2 aromatic rings. The van der Waals surface area contributed by atoms with E-state index in [1.165, 1.54) is 27.4 Å². The van der Waals surface area contributed by atoms with Crippen LogP contribution in [0.15, 0.2) is 30.3 Å². The average Bonchev–Trinajstić information content (AvgIpc) is 2.61. The van der Waals surface area contributed by atoms with Gasteiger partial charge in [-0.2, -0.15) is 0 Å². The molecule has 0 heterocycles. The number of rotatable bonds is 8. The van der Waals surface area contributed by atoms with Gasteiger partial charge in [-0.1, -0.05) is 29.3 Å². The molecule has 26 heavy (non-hydrogen) atoms. The Morgan fingerprint density at radius 3 is 2.00 bits per heavy atom. The third kappa shape index (κ3) is 5.17. The van der Waals surface area contributed by atoms with Gasteiger partial charge in [0.25, 0.3) is 0 Å². The van der Waals surface area contributed by atoms with Crippen molar-refractivity contribution < 1.29 is 22.6 Å². The number of hydrogen-bond donors (Lipinski definition) is 1. The second-order valence-corrected chi connectivity index (χ2v) is 7.98. The van der Waals surface area contributed by atoms with Crippen molar-refractivity contribution in [1.82, 2.24) is 4.72 Å². The molecular formula is C17H19Cl2NO5S. The van der Waals surface area contributed by atoms with Crippen molar-refractivity contribution in [2.75, 3.05) is 21.3 Å². The van der Waals surface area contributed by atoms with Crippen LogP contribution in [0.4, 0.5) is 0 Å². The Kier molecular flexibility index (Phi) is 7.00. The minimum Gasteiger partial charge on any atom is -0.493 e. The van der Waals surface area contributed by atoms with Gasteiger partial charge >= 0.3 is 0 Å². The van der Waals surface area contributed by atoms with Crippen LogP contribution in [0.3, 0.4) is 0 Å². The van der Waals surface area contributed by atoms with E-state index < -0.39 is 10.0 Å². The number of methoxy groups -OCH3 is 3. The summed E-state index contributed by atoms with van der Waals surface area (Å²) in [5, 5.41) is 0.683. The zero-order chi connectivity index (χ0) is 19.3. The van der Waals surface area contributed by atoms with E-state index in [-0.39, 0.29) is 12.3 Å².